The summed E-state index contributed by atoms with van der Waals surface area (Å²) in [6.07, 6.45) is 4.50. The van der Waals surface area contributed by atoms with E-state index in [4.69, 9.17) is 24.8 Å². The van der Waals surface area contributed by atoms with Gasteiger partial charge in [0.2, 0.25) is 5.88 Å². The van der Waals surface area contributed by atoms with Gasteiger partial charge in [0.05, 0.1) is 11.2 Å². The molecule has 4 heterocycles. The highest BCUT2D eigenvalue weighted by molar-refractivity contribution is 6.62. The van der Waals surface area contributed by atoms with Crippen molar-refractivity contribution in [3.63, 3.8) is 0 Å². The van der Waals surface area contributed by atoms with Gasteiger partial charge in [0.25, 0.3) is 0 Å². The van der Waals surface area contributed by atoms with Gasteiger partial charge in [0.15, 0.2) is 0 Å². The Bertz CT molecular complexity index is 1030. The SMILES string of the molecule is CCCCC1C(N)CCN1c1ccc2c(n1)OCc1cc(B3OC(C)(C)C(C)(C)O3)ccc1-2. The molecule has 7 heteroatoms. The zero-order valence-corrected chi connectivity index (χ0v) is 20.6. The molecule has 6 nitrogen and oxygen atoms in total. The van der Waals surface area contributed by atoms with E-state index in [2.05, 4.69) is 69.9 Å². The van der Waals surface area contributed by atoms with Crippen molar-refractivity contribution in [2.45, 2.75) is 90.2 Å². The summed E-state index contributed by atoms with van der Waals surface area (Å²) in [6, 6.07) is 11.2. The third kappa shape index (κ3) is 3.94. The molecule has 1 aromatic heterocycles. The molecule has 3 aliphatic rings. The van der Waals surface area contributed by atoms with E-state index < -0.39 is 0 Å². The molecule has 176 valence electrons. The van der Waals surface area contributed by atoms with E-state index in [-0.39, 0.29) is 24.4 Å². The van der Waals surface area contributed by atoms with Gasteiger partial charge in [-0.15, -0.1) is 0 Å². The molecule has 0 bridgehead atoms. The molecule has 5 rings (SSSR count). The minimum atomic E-state index is -0.373. The Labute approximate surface area is 197 Å². The van der Waals surface area contributed by atoms with Gasteiger partial charge < -0.3 is 24.7 Å². The largest absolute Gasteiger partial charge is 0.494 e. The van der Waals surface area contributed by atoms with Crippen LogP contribution in [0, 0.1) is 0 Å². The number of hydrogen-bond donors (Lipinski definition) is 1. The zero-order chi connectivity index (χ0) is 23.4. The van der Waals surface area contributed by atoms with Crippen LogP contribution in [-0.4, -0.2) is 41.9 Å². The highest BCUT2D eigenvalue weighted by atomic mass is 16.7. The Morgan fingerprint density at radius 2 is 1.82 bits per heavy atom. The summed E-state index contributed by atoms with van der Waals surface area (Å²) >= 11 is 0. The van der Waals surface area contributed by atoms with Crippen LogP contribution in [-0.2, 0) is 15.9 Å². The van der Waals surface area contributed by atoms with Gasteiger partial charge in [-0.2, -0.15) is 4.98 Å². The number of hydrogen-bond acceptors (Lipinski definition) is 6. The average molecular weight is 449 g/mol. The number of fused-ring (bicyclic) bond motifs is 3. The van der Waals surface area contributed by atoms with Gasteiger partial charge in [-0.3, -0.25) is 0 Å². The van der Waals surface area contributed by atoms with E-state index >= 15 is 0 Å². The number of nitrogens with zero attached hydrogens (tertiary/aromatic N) is 2. The van der Waals surface area contributed by atoms with Crippen molar-refractivity contribution < 1.29 is 14.0 Å². The number of rotatable bonds is 5. The van der Waals surface area contributed by atoms with Crippen molar-refractivity contribution >= 4 is 18.4 Å². The summed E-state index contributed by atoms with van der Waals surface area (Å²) in [5, 5.41) is 0. The third-order valence-electron chi connectivity index (χ3n) is 7.90. The van der Waals surface area contributed by atoms with Crippen LogP contribution in [0.2, 0.25) is 0 Å². The first kappa shape index (κ1) is 22.7. The molecule has 0 spiro atoms. The van der Waals surface area contributed by atoms with Gasteiger partial charge in [-0.1, -0.05) is 38.0 Å². The highest BCUT2D eigenvalue weighted by Gasteiger charge is 2.51. The van der Waals surface area contributed by atoms with Crippen molar-refractivity contribution in [3.8, 4) is 17.0 Å². The maximum atomic E-state index is 6.43. The molecule has 0 radical (unpaired) electrons. The smallest absolute Gasteiger partial charge is 0.472 e. The van der Waals surface area contributed by atoms with Crippen LogP contribution in [0.1, 0.15) is 65.9 Å². The first-order valence-electron chi connectivity index (χ1n) is 12.3. The molecular formula is C26H36BN3O3. The predicted octanol–water partition coefficient (Wildman–Crippen LogP) is 4.04. The fourth-order valence-electron chi connectivity index (χ4n) is 5.12. The molecule has 0 aliphatic carbocycles. The van der Waals surface area contributed by atoms with Gasteiger partial charge in [-0.25, -0.2) is 0 Å². The molecule has 33 heavy (non-hydrogen) atoms. The summed E-state index contributed by atoms with van der Waals surface area (Å²) in [6.45, 7) is 12.0. The topological polar surface area (TPSA) is 69.8 Å². The predicted molar refractivity (Wildman–Crippen MR) is 133 cm³/mol. The quantitative estimate of drug-likeness (QED) is 0.695. The lowest BCUT2D eigenvalue weighted by Gasteiger charge is -2.32. The maximum Gasteiger partial charge on any atom is 0.494 e. The zero-order valence-electron chi connectivity index (χ0n) is 20.6. The van der Waals surface area contributed by atoms with Crippen molar-refractivity contribution in [2.75, 3.05) is 11.4 Å². The van der Waals surface area contributed by atoms with E-state index in [1.807, 2.05) is 0 Å². The standard InChI is InChI=1S/C26H36BN3O3/c1-6-7-8-22-21(28)13-14-30(22)23-12-11-20-19-10-9-18(15-17(19)16-31-24(20)29-23)27-32-25(2,3)26(4,5)33-27/h9-12,15,21-22H,6-8,13-14,16,28H2,1-5H3. The number of pyridine rings is 1. The van der Waals surface area contributed by atoms with Gasteiger partial charge >= 0.3 is 7.12 Å². The lowest BCUT2D eigenvalue weighted by Crippen LogP contribution is -2.41. The Morgan fingerprint density at radius 3 is 2.55 bits per heavy atom. The molecular weight excluding hydrogens is 413 g/mol. The lowest BCUT2D eigenvalue weighted by atomic mass is 9.77. The van der Waals surface area contributed by atoms with E-state index in [1.165, 1.54) is 12.8 Å². The van der Waals surface area contributed by atoms with Crippen molar-refractivity contribution in [1.29, 1.82) is 0 Å². The Balaban J connectivity index is 1.40. The third-order valence-corrected chi connectivity index (χ3v) is 7.90. The fourth-order valence-corrected chi connectivity index (χ4v) is 5.12. The van der Waals surface area contributed by atoms with Crippen LogP contribution in [0.25, 0.3) is 11.1 Å². The van der Waals surface area contributed by atoms with Crippen LogP contribution in [0.4, 0.5) is 5.82 Å². The second-order valence-electron chi connectivity index (χ2n) is 10.7. The summed E-state index contributed by atoms with van der Waals surface area (Å²) in [5.74, 6) is 1.68. The molecule has 0 amide bonds. The van der Waals surface area contributed by atoms with Crippen LogP contribution >= 0.6 is 0 Å². The molecule has 2 aromatic rings. The number of ether oxygens (including phenoxy) is 1. The molecule has 0 saturated carbocycles. The van der Waals surface area contributed by atoms with E-state index in [1.54, 1.807) is 0 Å². The number of benzene rings is 1. The second kappa shape index (κ2) is 8.29. The van der Waals surface area contributed by atoms with Crippen molar-refractivity contribution in [3.05, 3.63) is 35.9 Å². The van der Waals surface area contributed by atoms with Crippen LogP contribution < -0.4 is 20.8 Å². The summed E-state index contributed by atoms with van der Waals surface area (Å²) in [7, 11) is -0.373. The number of nitrogens with two attached hydrogens (primary N) is 1. The van der Waals surface area contributed by atoms with E-state index in [0.29, 0.717) is 18.5 Å². The van der Waals surface area contributed by atoms with Gasteiger partial charge in [0.1, 0.15) is 12.4 Å². The fraction of sp³-hybridized carbons (Fsp3) is 0.577. The highest BCUT2D eigenvalue weighted by Crippen LogP contribution is 2.40. The monoisotopic (exact) mass is 449 g/mol. The van der Waals surface area contributed by atoms with Crippen LogP contribution in [0.5, 0.6) is 5.88 Å². The lowest BCUT2D eigenvalue weighted by molar-refractivity contribution is 0.00578. The molecule has 1 aromatic carbocycles. The minimum absolute atomic E-state index is 0.212. The Kier molecular flexibility index (Phi) is 5.70. The Morgan fingerprint density at radius 1 is 1.09 bits per heavy atom. The first-order valence-corrected chi connectivity index (χ1v) is 12.3. The van der Waals surface area contributed by atoms with Crippen LogP contribution in [0.3, 0.4) is 0 Å². The Hall–Kier alpha value is -2.09. The number of aromatic nitrogens is 1. The van der Waals surface area contributed by atoms with E-state index in [9.17, 15) is 0 Å². The van der Waals surface area contributed by atoms with Gasteiger partial charge in [-0.05, 0) is 69.3 Å². The normalized spacial score (nSPS) is 25.0. The van der Waals surface area contributed by atoms with E-state index in [0.717, 1.165) is 47.4 Å². The molecule has 2 unspecified atom stereocenters. The van der Waals surface area contributed by atoms with Gasteiger partial charge in [0, 0.05) is 24.2 Å². The molecule has 3 aliphatic heterocycles. The molecule has 2 saturated heterocycles. The average Bonchev–Trinajstić information content (AvgIpc) is 3.26. The molecule has 2 atom stereocenters. The maximum absolute atomic E-state index is 6.43. The minimum Gasteiger partial charge on any atom is -0.472 e. The summed E-state index contributed by atoms with van der Waals surface area (Å²) < 4.78 is 18.6. The summed E-state index contributed by atoms with van der Waals surface area (Å²) in [4.78, 5) is 7.30. The summed E-state index contributed by atoms with van der Waals surface area (Å²) in [5.41, 5.74) is 10.1. The number of anilines is 1. The van der Waals surface area contributed by atoms with Crippen molar-refractivity contribution in [2.24, 2.45) is 5.73 Å². The van der Waals surface area contributed by atoms with Crippen LogP contribution in [0.15, 0.2) is 30.3 Å². The first-order chi connectivity index (χ1) is 15.7. The van der Waals surface area contributed by atoms with Crippen molar-refractivity contribution in [1.82, 2.24) is 4.98 Å². The second-order valence-corrected chi connectivity index (χ2v) is 10.7. The number of unbranched alkanes of at least 4 members (excludes halogenated alkanes) is 1. The molecule has 2 N–H and O–H groups in total. The molecule has 2 fully saturated rings.